The van der Waals surface area contributed by atoms with Gasteiger partial charge in [0.25, 0.3) is 0 Å². The molecule has 1 N–H and O–H groups in total. The van der Waals surface area contributed by atoms with E-state index in [1.165, 1.54) is 0 Å². The van der Waals surface area contributed by atoms with E-state index in [-0.39, 0.29) is 5.84 Å². The summed E-state index contributed by atoms with van der Waals surface area (Å²) in [7, 11) is 0. The van der Waals surface area contributed by atoms with Crippen LogP contribution in [0.5, 0.6) is 0 Å². The molecule has 84 valence electrons. The Morgan fingerprint density at radius 1 is 0.882 bits per heavy atom. The highest BCUT2D eigenvalue weighted by Gasteiger charge is 1.96. The maximum atomic E-state index is 7.74. The first-order chi connectivity index (χ1) is 8.36. The Morgan fingerprint density at radius 2 is 1.47 bits per heavy atom. The second-order valence-electron chi connectivity index (χ2n) is 3.60. The molecule has 0 amide bonds. The number of azo groups is 1. The van der Waals surface area contributed by atoms with Gasteiger partial charge < -0.3 is 0 Å². The van der Waals surface area contributed by atoms with Gasteiger partial charge in [-0.05, 0) is 5.56 Å². The smallest absolute Gasteiger partial charge is 0.173 e. The van der Waals surface area contributed by atoms with Gasteiger partial charge in [-0.15, -0.1) is 5.11 Å². The fourth-order valence-corrected chi connectivity index (χ4v) is 1.42. The molecule has 17 heavy (non-hydrogen) atoms. The van der Waals surface area contributed by atoms with Gasteiger partial charge in [0.2, 0.25) is 0 Å². The summed E-state index contributed by atoms with van der Waals surface area (Å²) in [4.78, 5) is 0. The molecule has 0 heterocycles. The lowest BCUT2D eigenvalue weighted by Crippen LogP contribution is -1.93. The first-order valence-electron chi connectivity index (χ1n) is 5.41. The minimum absolute atomic E-state index is 0.196. The molecule has 0 radical (unpaired) electrons. The van der Waals surface area contributed by atoms with Crippen LogP contribution in [-0.2, 0) is 6.54 Å². The second-order valence-corrected chi connectivity index (χ2v) is 3.60. The van der Waals surface area contributed by atoms with E-state index in [9.17, 15) is 0 Å². The Hall–Kier alpha value is -2.29. The highest BCUT2D eigenvalue weighted by Crippen LogP contribution is 2.04. The van der Waals surface area contributed by atoms with E-state index in [4.69, 9.17) is 5.41 Å². The fourth-order valence-electron chi connectivity index (χ4n) is 1.42. The average molecular weight is 223 g/mol. The summed E-state index contributed by atoms with van der Waals surface area (Å²) in [6, 6.07) is 19.3. The number of rotatable bonds is 3. The monoisotopic (exact) mass is 223 g/mol. The second kappa shape index (κ2) is 5.70. The molecule has 3 nitrogen and oxygen atoms in total. The van der Waals surface area contributed by atoms with Crippen LogP contribution in [0, 0.1) is 5.41 Å². The molecule has 0 saturated carbocycles. The third-order valence-electron chi connectivity index (χ3n) is 2.31. The summed E-state index contributed by atoms with van der Waals surface area (Å²) >= 11 is 0. The summed E-state index contributed by atoms with van der Waals surface area (Å²) in [5.41, 5.74) is 1.88. The first kappa shape index (κ1) is 11.2. The molecule has 0 atom stereocenters. The maximum absolute atomic E-state index is 7.74. The van der Waals surface area contributed by atoms with E-state index < -0.39 is 0 Å². The predicted molar refractivity (Wildman–Crippen MR) is 68.3 cm³/mol. The van der Waals surface area contributed by atoms with Crippen LogP contribution in [0.1, 0.15) is 11.1 Å². The van der Waals surface area contributed by atoms with Crippen LogP contribution in [0.4, 0.5) is 0 Å². The van der Waals surface area contributed by atoms with Crippen molar-refractivity contribution in [3.05, 3.63) is 71.8 Å². The van der Waals surface area contributed by atoms with Crippen molar-refractivity contribution >= 4 is 5.84 Å². The largest absolute Gasteiger partial charge is 0.281 e. The van der Waals surface area contributed by atoms with Crippen molar-refractivity contribution in [2.45, 2.75) is 6.54 Å². The third-order valence-corrected chi connectivity index (χ3v) is 2.31. The van der Waals surface area contributed by atoms with Gasteiger partial charge in [0.15, 0.2) is 5.84 Å². The van der Waals surface area contributed by atoms with Gasteiger partial charge in [-0.3, -0.25) is 5.41 Å². The zero-order valence-corrected chi connectivity index (χ0v) is 9.38. The molecule has 0 aliphatic rings. The number of nitrogens with zero attached hydrogens (tertiary/aromatic N) is 2. The molecule has 0 spiro atoms. The molecule has 2 rings (SSSR count). The molecular formula is C14H13N3. The van der Waals surface area contributed by atoms with Gasteiger partial charge in [-0.1, -0.05) is 60.7 Å². The normalized spacial score (nSPS) is 10.6. The summed E-state index contributed by atoms with van der Waals surface area (Å²) < 4.78 is 0. The molecule has 0 aromatic heterocycles. The zero-order chi connectivity index (χ0) is 11.9. The van der Waals surface area contributed by atoms with Crippen molar-refractivity contribution in [2.24, 2.45) is 10.2 Å². The van der Waals surface area contributed by atoms with Crippen LogP contribution in [0.25, 0.3) is 0 Å². The molecular weight excluding hydrogens is 210 g/mol. The van der Waals surface area contributed by atoms with E-state index in [0.29, 0.717) is 6.54 Å². The lowest BCUT2D eigenvalue weighted by molar-refractivity contribution is 0.968. The van der Waals surface area contributed by atoms with Crippen LogP contribution in [0.15, 0.2) is 70.9 Å². The molecule has 0 unspecified atom stereocenters. The van der Waals surface area contributed by atoms with Crippen LogP contribution < -0.4 is 0 Å². The highest BCUT2D eigenvalue weighted by molar-refractivity contribution is 5.96. The van der Waals surface area contributed by atoms with E-state index in [1.807, 2.05) is 60.7 Å². The number of nitrogens with one attached hydrogen (secondary N) is 1. The van der Waals surface area contributed by atoms with Crippen molar-refractivity contribution in [3.8, 4) is 0 Å². The zero-order valence-electron chi connectivity index (χ0n) is 9.38. The average Bonchev–Trinajstić information content (AvgIpc) is 2.41. The minimum atomic E-state index is 0.196. The topological polar surface area (TPSA) is 48.6 Å². The molecule has 0 aliphatic carbocycles. The Kier molecular flexibility index (Phi) is 3.76. The van der Waals surface area contributed by atoms with Crippen molar-refractivity contribution < 1.29 is 0 Å². The van der Waals surface area contributed by atoms with Gasteiger partial charge in [-0.25, -0.2) is 0 Å². The van der Waals surface area contributed by atoms with Gasteiger partial charge in [0, 0.05) is 5.56 Å². The fraction of sp³-hybridized carbons (Fsp3) is 0.0714. The van der Waals surface area contributed by atoms with E-state index >= 15 is 0 Å². The van der Waals surface area contributed by atoms with Gasteiger partial charge in [-0.2, -0.15) is 5.11 Å². The molecule has 0 saturated heterocycles. The van der Waals surface area contributed by atoms with Crippen molar-refractivity contribution in [1.82, 2.24) is 0 Å². The van der Waals surface area contributed by atoms with Gasteiger partial charge in [0.1, 0.15) is 0 Å². The Bertz CT molecular complexity index is 504. The van der Waals surface area contributed by atoms with E-state index in [2.05, 4.69) is 10.2 Å². The standard InChI is InChI=1S/C14H13N3/c15-14(13-9-5-2-6-10-13)17-16-11-12-7-3-1-4-8-12/h1-10,15H,11H2/b15-14?,17-16-. The molecule has 3 heteroatoms. The highest BCUT2D eigenvalue weighted by atomic mass is 15.1. The SMILES string of the molecule is N=C(/N=N\Cc1ccccc1)c1ccccc1. The Balaban J connectivity index is 1.96. The van der Waals surface area contributed by atoms with Gasteiger partial charge in [0.05, 0.1) is 6.54 Å². The molecule has 0 bridgehead atoms. The van der Waals surface area contributed by atoms with Gasteiger partial charge >= 0.3 is 0 Å². The van der Waals surface area contributed by atoms with E-state index in [1.54, 1.807) is 0 Å². The lowest BCUT2D eigenvalue weighted by Gasteiger charge is -1.96. The van der Waals surface area contributed by atoms with Crippen LogP contribution >= 0.6 is 0 Å². The van der Waals surface area contributed by atoms with Crippen LogP contribution in [-0.4, -0.2) is 5.84 Å². The number of amidine groups is 1. The van der Waals surface area contributed by atoms with Crippen molar-refractivity contribution in [2.75, 3.05) is 0 Å². The third kappa shape index (κ3) is 3.34. The predicted octanol–water partition coefficient (Wildman–Crippen LogP) is 3.66. The van der Waals surface area contributed by atoms with Crippen molar-refractivity contribution in [3.63, 3.8) is 0 Å². The van der Waals surface area contributed by atoms with E-state index in [0.717, 1.165) is 11.1 Å². The molecule has 2 aromatic rings. The number of benzene rings is 2. The van der Waals surface area contributed by atoms with Crippen LogP contribution in [0.2, 0.25) is 0 Å². The van der Waals surface area contributed by atoms with Crippen LogP contribution in [0.3, 0.4) is 0 Å². The lowest BCUT2D eigenvalue weighted by atomic mass is 10.2. The summed E-state index contributed by atoms with van der Waals surface area (Å²) in [6.45, 7) is 0.510. The summed E-state index contributed by atoms with van der Waals surface area (Å²) in [5.74, 6) is 0.196. The summed E-state index contributed by atoms with van der Waals surface area (Å²) in [5, 5.41) is 15.7. The maximum Gasteiger partial charge on any atom is 0.173 e. The molecule has 0 aliphatic heterocycles. The summed E-state index contributed by atoms with van der Waals surface area (Å²) in [6.07, 6.45) is 0. The first-order valence-corrected chi connectivity index (χ1v) is 5.41. The molecule has 2 aromatic carbocycles. The number of hydrogen-bond acceptors (Lipinski definition) is 2. The Labute approximate surface area is 100 Å². The Morgan fingerprint density at radius 3 is 2.12 bits per heavy atom. The molecule has 0 fully saturated rings. The number of hydrogen-bond donors (Lipinski definition) is 1. The quantitative estimate of drug-likeness (QED) is 0.469. The minimum Gasteiger partial charge on any atom is -0.281 e. The van der Waals surface area contributed by atoms with Crippen molar-refractivity contribution in [1.29, 1.82) is 5.41 Å².